The van der Waals surface area contributed by atoms with Gasteiger partial charge < -0.3 is 15.8 Å². The number of pyridine rings is 1. The van der Waals surface area contributed by atoms with Crippen molar-refractivity contribution in [3.05, 3.63) is 53.7 Å². The molecule has 0 unspecified atom stereocenters. The van der Waals surface area contributed by atoms with Crippen LogP contribution in [0, 0.1) is 0 Å². The Morgan fingerprint density at radius 1 is 1.25 bits per heavy atom. The number of anilines is 1. The van der Waals surface area contributed by atoms with Gasteiger partial charge in [-0.25, -0.2) is 4.98 Å². The molecule has 4 nitrogen and oxygen atoms in total. The molecule has 20 heavy (non-hydrogen) atoms. The van der Waals surface area contributed by atoms with Crippen LogP contribution < -0.4 is 15.8 Å². The van der Waals surface area contributed by atoms with Gasteiger partial charge in [0.15, 0.2) is 0 Å². The highest BCUT2D eigenvalue weighted by atomic mass is 32.1. The van der Waals surface area contributed by atoms with Gasteiger partial charge >= 0.3 is 0 Å². The molecule has 0 aliphatic heterocycles. The van der Waals surface area contributed by atoms with Crippen LogP contribution in [0.2, 0.25) is 0 Å². The number of rotatable bonds is 6. The summed E-state index contributed by atoms with van der Waals surface area (Å²) in [7, 11) is 1.67. The normalized spacial score (nSPS) is 10.1. The molecular weight excluding hydrogens is 270 g/mol. The van der Waals surface area contributed by atoms with Gasteiger partial charge in [-0.05, 0) is 36.2 Å². The SMILES string of the molecule is COc1ccc(CCNc2ccc(C(N)=S)cn2)cc1. The lowest BCUT2D eigenvalue weighted by molar-refractivity contribution is 0.414. The van der Waals surface area contributed by atoms with E-state index in [1.54, 1.807) is 13.3 Å². The smallest absolute Gasteiger partial charge is 0.125 e. The molecule has 0 saturated heterocycles. The molecule has 0 saturated carbocycles. The Balaban J connectivity index is 1.84. The van der Waals surface area contributed by atoms with Crippen LogP contribution in [0.3, 0.4) is 0 Å². The highest BCUT2D eigenvalue weighted by Gasteiger charge is 1.99. The Morgan fingerprint density at radius 3 is 2.55 bits per heavy atom. The predicted molar refractivity (Wildman–Crippen MR) is 85.3 cm³/mol. The highest BCUT2D eigenvalue weighted by Crippen LogP contribution is 2.12. The topological polar surface area (TPSA) is 60.2 Å². The fourth-order valence-electron chi connectivity index (χ4n) is 1.77. The van der Waals surface area contributed by atoms with Crippen LogP contribution in [0.15, 0.2) is 42.6 Å². The Bertz CT molecular complexity index is 567. The molecule has 0 fully saturated rings. The molecular formula is C15H17N3OS. The van der Waals surface area contributed by atoms with Crippen molar-refractivity contribution < 1.29 is 4.74 Å². The van der Waals surface area contributed by atoms with Crippen LogP contribution in [0.1, 0.15) is 11.1 Å². The minimum absolute atomic E-state index is 0.363. The van der Waals surface area contributed by atoms with Crippen molar-refractivity contribution in [1.29, 1.82) is 0 Å². The Kier molecular flexibility index (Phi) is 4.90. The summed E-state index contributed by atoms with van der Waals surface area (Å²) in [5, 5.41) is 3.26. The number of methoxy groups -OCH3 is 1. The molecule has 0 atom stereocenters. The fraction of sp³-hybridized carbons (Fsp3) is 0.200. The van der Waals surface area contributed by atoms with Crippen molar-refractivity contribution in [2.45, 2.75) is 6.42 Å². The van der Waals surface area contributed by atoms with Gasteiger partial charge in [0.05, 0.1) is 7.11 Å². The van der Waals surface area contributed by atoms with Gasteiger partial charge in [0.1, 0.15) is 16.6 Å². The molecule has 0 aliphatic carbocycles. The highest BCUT2D eigenvalue weighted by molar-refractivity contribution is 7.80. The molecule has 5 heteroatoms. The summed E-state index contributed by atoms with van der Waals surface area (Å²) in [5.74, 6) is 1.69. The fourth-order valence-corrected chi connectivity index (χ4v) is 1.89. The Morgan fingerprint density at radius 2 is 2.00 bits per heavy atom. The van der Waals surface area contributed by atoms with E-state index in [4.69, 9.17) is 22.7 Å². The first-order valence-electron chi connectivity index (χ1n) is 6.31. The number of ether oxygens (including phenoxy) is 1. The van der Waals surface area contributed by atoms with Crippen molar-refractivity contribution in [1.82, 2.24) is 4.98 Å². The first-order chi connectivity index (χ1) is 9.69. The summed E-state index contributed by atoms with van der Waals surface area (Å²) in [4.78, 5) is 4.62. The van der Waals surface area contributed by atoms with E-state index in [1.165, 1.54) is 5.56 Å². The zero-order valence-corrected chi connectivity index (χ0v) is 12.1. The van der Waals surface area contributed by atoms with Gasteiger partial charge in [-0.15, -0.1) is 0 Å². The monoisotopic (exact) mass is 287 g/mol. The average Bonchev–Trinajstić information content (AvgIpc) is 2.48. The molecule has 104 valence electrons. The van der Waals surface area contributed by atoms with Gasteiger partial charge in [-0.3, -0.25) is 0 Å². The number of hydrogen-bond acceptors (Lipinski definition) is 4. The number of thiocarbonyl (C=S) groups is 1. The lowest BCUT2D eigenvalue weighted by atomic mass is 10.1. The largest absolute Gasteiger partial charge is 0.497 e. The molecule has 2 aromatic rings. The van der Waals surface area contributed by atoms with Crippen LogP contribution in [0.25, 0.3) is 0 Å². The second-order valence-corrected chi connectivity index (χ2v) is 4.76. The lowest BCUT2D eigenvalue weighted by Gasteiger charge is -2.07. The lowest BCUT2D eigenvalue weighted by Crippen LogP contribution is -2.11. The number of benzene rings is 1. The van der Waals surface area contributed by atoms with E-state index >= 15 is 0 Å². The molecule has 0 aliphatic rings. The number of hydrogen-bond donors (Lipinski definition) is 2. The van der Waals surface area contributed by atoms with Crippen molar-refractivity contribution >= 4 is 23.0 Å². The number of aromatic nitrogens is 1. The predicted octanol–water partition coefficient (Wildman–Crippen LogP) is 2.38. The molecule has 0 amide bonds. The summed E-state index contributed by atoms with van der Waals surface area (Å²) >= 11 is 4.88. The van der Waals surface area contributed by atoms with Crippen LogP contribution >= 0.6 is 12.2 Å². The van der Waals surface area contributed by atoms with Crippen LogP contribution in [-0.2, 0) is 6.42 Å². The number of nitrogens with one attached hydrogen (secondary N) is 1. The molecule has 1 heterocycles. The van der Waals surface area contributed by atoms with E-state index < -0.39 is 0 Å². The minimum atomic E-state index is 0.363. The third-order valence-electron chi connectivity index (χ3n) is 2.93. The second kappa shape index (κ2) is 6.86. The minimum Gasteiger partial charge on any atom is -0.497 e. The third-order valence-corrected chi connectivity index (χ3v) is 3.16. The first kappa shape index (κ1) is 14.3. The summed E-state index contributed by atoms with van der Waals surface area (Å²) in [5.41, 5.74) is 7.55. The van der Waals surface area contributed by atoms with E-state index in [2.05, 4.69) is 22.4 Å². The first-order valence-corrected chi connectivity index (χ1v) is 6.72. The second-order valence-electron chi connectivity index (χ2n) is 4.32. The van der Waals surface area contributed by atoms with E-state index in [9.17, 15) is 0 Å². The van der Waals surface area contributed by atoms with E-state index in [1.807, 2.05) is 24.3 Å². The molecule has 3 N–H and O–H groups in total. The van der Waals surface area contributed by atoms with Crippen LogP contribution in [0.5, 0.6) is 5.75 Å². The standard InChI is InChI=1S/C15H17N3OS/c1-19-13-5-2-11(3-6-13)8-9-17-14-7-4-12(10-18-14)15(16)20/h2-7,10H,8-9H2,1H3,(H2,16,20)(H,17,18). The van der Waals surface area contributed by atoms with E-state index in [0.29, 0.717) is 4.99 Å². The summed E-state index contributed by atoms with van der Waals surface area (Å²) in [6.45, 7) is 0.811. The van der Waals surface area contributed by atoms with Gasteiger partial charge in [-0.1, -0.05) is 24.4 Å². The molecule has 2 rings (SSSR count). The van der Waals surface area contributed by atoms with Crippen molar-refractivity contribution in [3.8, 4) is 5.75 Å². The van der Waals surface area contributed by atoms with Gasteiger partial charge in [0, 0.05) is 18.3 Å². The van der Waals surface area contributed by atoms with Gasteiger partial charge in [0.25, 0.3) is 0 Å². The number of nitrogens with two attached hydrogens (primary N) is 1. The quantitative estimate of drug-likeness (QED) is 0.799. The van der Waals surface area contributed by atoms with Crippen LogP contribution in [-0.4, -0.2) is 23.6 Å². The van der Waals surface area contributed by atoms with E-state index in [0.717, 1.165) is 30.1 Å². The Hall–Kier alpha value is -2.14. The maximum Gasteiger partial charge on any atom is 0.125 e. The zero-order chi connectivity index (χ0) is 14.4. The van der Waals surface area contributed by atoms with Gasteiger partial charge in [-0.2, -0.15) is 0 Å². The molecule has 0 bridgehead atoms. The molecule has 1 aromatic heterocycles. The molecule has 1 aromatic carbocycles. The number of nitrogens with zero attached hydrogens (tertiary/aromatic N) is 1. The third kappa shape index (κ3) is 3.93. The maximum atomic E-state index is 5.52. The van der Waals surface area contributed by atoms with Crippen molar-refractivity contribution in [2.24, 2.45) is 5.73 Å². The average molecular weight is 287 g/mol. The zero-order valence-electron chi connectivity index (χ0n) is 11.3. The van der Waals surface area contributed by atoms with Crippen LogP contribution in [0.4, 0.5) is 5.82 Å². The summed E-state index contributed by atoms with van der Waals surface area (Å²) in [6, 6.07) is 11.8. The summed E-state index contributed by atoms with van der Waals surface area (Å²) < 4.78 is 5.13. The molecule has 0 radical (unpaired) electrons. The Labute approximate surface area is 124 Å². The molecule has 0 spiro atoms. The summed E-state index contributed by atoms with van der Waals surface area (Å²) in [6.07, 6.45) is 2.60. The maximum absolute atomic E-state index is 5.52. The van der Waals surface area contributed by atoms with Crippen molar-refractivity contribution in [3.63, 3.8) is 0 Å². The van der Waals surface area contributed by atoms with Crippen molar-refractivity contribution in [2.75, 3.05) is 19.0 Å². The van der Waals surface area contributed by atoms with Gasteiger partial charge in [0.2, 0.25) is 0 Å². The van der Waals surface area contributed by atoms with E-state index in [-0.39, 0.29) is 0 Å².